The first-order valence-corrected chi connectivity index (χ1v) is 11.0. The number of carbonyl (C=O) groups is 1. The zero-order valence-electron chi connectivity index (χ0n) is 18.1. The molecule has 0 N–H and O–H groups in total. The molecule has 7 nitrogen and oxygen atoms in total. The molecular formula is C23H28FN5O2. The number of rotatable bonds is 3. The summed E-state index contributed by atoms with van der Waals surface area (Å²) in [6.07, 6.45) is 3.17. The molecule has 0 aliphatic carbocycles. The number of benzene rings is 1. The van der Waals surface area contributed by atoms with E-state index in [4.69, 9.17) is 4.74 Å². The summed E-state index contributed by atoms with van der Waals surface area (Å²) in [4.78, 5) is 27.9. The van der Waals surface area contributed by atoms with Gasteiger partial charge in [-0.25, -0.2) is 19.2 Å². The fraction of sp³-hybridized carbons (Fsp3) is 0.522. The van der Waals surface area contributed by atoms with Gasteiger partial charge in [-0.2, -0.15) is 0 Å². The van der Waals surface area contributed by atoms with Crippen LogP contribution in [0.5, 0.6) is 0 Å². The predicted molar refractivity (Wildman–Crippen MR) is 114 cm³/mol. The lowest BCUT2D eigenvalue weighted by atomic mass is 9.83. The van der Waals surface area contributed by atoms with Crippen LogP contribution in [0.1, 0.15) is 29.8 Å². The van der Waals surface area contributed by atoms with E-state index in [0.717, 1.165) is 62.8 Å². The maximum absolute atomic E-state index is 13.6. The minimum absolute atomic E-state index is 0.0459. The van der Waals surface area contributed by atoms with Crippen LogP contribution in [0, 0.1) is 19.7 Å². The smallest absolute Gasteiger partial charge is 0.410 e. The number of aryl methyl sites for hydroxylation is 2. The van der Waals surface area contributed by atoms with Gasteiger partial charge in [0.2, 0.25) is 0 Å². The summed E-state index contributed by atoms with van der Waals surface area (Å²) < 4.78 is 19.7. The van der Waals surface area contributed by atoms with Crippen molar-refractivity contribution in [2.24, 2.45) is 0 Å². The number of piperazine rings is 1. The summed E-state index contributed by atoms with van der Waals surface area (Å²) in [5, 5.41) is 0. The normalized spacial score (nSPS) is 23.2. The molecule has 1 unspecified atom stereocenters. The number of carbonyl (C=O) groups excluding carboxylic acids is 1. The largest absolute Gasteiger partial charge is 0.440 e. The van der Waals surface area contributed by atoms with Gasteiger partial charge in [0.15, 0.2) is 0 Å². The van der Waals surface area contributed by atoms with Crippen molar-refractivity contribution in [3.63, 3.8) is 0 Å². The lowest BCUT2D eigenvalue weighted by molar-refractivity contribution is -0.00633. The van der Waals surface area contributed by atoms with E-state index in [1.54, 1.807) is 13.1 Å². The number of amides is 1. The average molecular weight is 426 g/mol. The molecule has 2 aromatic rings. The third-order valence-electron chi connectivity index (χ3n) is 6.92. The van der Waals surface area contributed by atoms with Crippen LogP contribution in [0.4, 0.5) is 15.0 Å². The minimum atomic E-state index is -0.451. The quantitative estimate of drug-likeness (QED) is 0.754. The molecule has 31 heavy (non-hydrogen) atoms. The van der Waals surface area contributed by atoms with Gasteiger partial charge < -0.3 is 9.64 Å². The van der Waals surface area contributed by atoms with Crippen LogP contribution < -0.4 is 4.90 Å². The first-order valence-electron chi connectivity index (χ1n) is 11.0. The maximum atomic E-state index is 13.6. The van der Waals surface area contributed by atoms with Crippen LogP contribution in [0.2, 0.25) is 0 Å². The Hall–Kier alpha value is -2.74. The number of anilines is 1. The van der Waals surface area contributed by atoms with Crippen LogP contribution in [0.25, 0.3) is 0 Å². The third kappa shape index (κ3) is 3.73. The van der Waals surface area contributed by atoms with Crippen molar-refractivity contribution < 1.29 is 13.9 Å². The molecule has 164 valence electrons. The molecule has 3 aliphatic rings. The molecule has 3 fully saturated rings. The number of piperidine rings is 1. The number of hydrogen-bond acceptors (Lipinski definition) is 6. The van der Waals surface area contributed by atoms with Crippen molar-refractivity contribution in [1.82, 2.24) is 19.8 Å². The Morgan fingerprint density at radius 2 is 1.97 bits per heavy atom. The number of hydrogen-bond donors (Lipinski definition) is 0. The lowest BCUT2D eigenvalue weighted by Gasteiger charge is -2.45. The van der Waals surface area contributed by atoms with Gasteiger partial charge in [-0.05, 0) is 37.1 Å². The van der Waals surface area contributed by atoms with E-state index in [9.17, 15) is 9.18 Å². The average Bonchev–Trinajstić information content (AvgIpc) is 3.02. The second kappa shape index (κ2) is 7.75. The molecule has 4 heterocycles. The summed E-state index contributed by atoms with van der Waals surface area (Å²) >= 11 is 0. The monoisotopic (exact) mass is 425 g/mol. The second-order valence-electron chi connectivity index (χ2n) is 8.91. The van der Waals surface area contributed by atoms with E-state index >= 15 is 0 Å². The standard InChI is InChI=1S/C23H28FN5O2/c1-16-13-18(3-4-19(16)24)14-27-11-12-29-20(15-27)23(31-22(29)30)6-9-28(10-7-23)21-5-8-25-17(2)26-21/h3-5,8,13,20H,6-7,9-12,14-15H2,1-2H3. The van der Waals surface area contributed by atoms with Gasteiger partial charge in [-0.1, -0.05) is 12.1 Å². The summed E-state index contributed by atoms with van der Waals surface area (Å²) in [5.74, 6) is 1.52. The molecule has 1 atom stereocenters. The SMILES string of the molecule is Cc1nccc(N2CCC3(CC2)OC(=O)N2CCN(Cc4ccc(F)c(C)c4)CC23)n1. The van der Waals surface area contributed by atoms with Crippen LogP contribution in [-0.2, 0) is 11.3 Å². The summed E-state index contributed by atoms with van der Waals surface area (Å²) in [6, 6.07) is 7.28. The number of halogens is 1. The van der Waals surface area contributed by atoms with Crippen LogP contribution in [0.15, 0.2) is 30.5 Å². The van der Waals surface area contributed by atoms with E-state index in [1.807, 2.05) is 30.0 Å². The molecule has 3 saturated heterocycles. The zero-order chi connectivity index (χ0) is 21.6. The van der Waals surface area contributed by atoms with Gasteiger partial charge in [0.25, 0.3) is 0 Å². The van der Waals surface area contributed by atoms with E-state index in [-0.39, 0.29) is 18.0 Å². The molecule has 0 bridgehead atoms. The molecule has 0 saturated carbocycles. The number of nitrogens with zero attached hydrogens (tertiary/aromatic N) is 5. The van der Waals surface area contributed by atoms with E-state index < -0.39 is 5.60 Å². The molecule has 5 rings (SSSR count). The van der Waals surface area contributed by atoms with Crippen LogP contribution in [-0.4, -0.2) is 70.2 Å². The van der Waals surface area contributed by atoms with Gasteiger partial charge >= 0.3 is 6.09 Å². The fourth-order valence-corrected chi connectivity index (χ4v) is 5.19. The van der Waals surface area contributed by atoms with Gasteiger partial charge in [0, 0.05) is 58.3 Å². The Labute approximate surface area is 181 Å². The van der Waals surface area contributed by atoms with Crippen molar-refractivity contribution in [3.8, 4) is 0 Å². The molecule has 8 heteroatoms. The molecule has 1 amide bonds. The molecule has 1 aromatic heterocycles. The van der Waals surface area contributed by atoms with Crippen molar-refractivity contribution in [3.05, 3.63) is 53.2 Å². The number of aromatic nitrogens is 2. The Bertz CT molecular complexity index is 992. The van der Waals surface area contributed by atoms with E-state index in [1.165, 1.54) is 6.07 Å². The summed E-state index contributed by atoms with van der Waals surface area (Å²) in [6.45, 7) is 8.27. The zero-order valence-corrected chi connectivity index (χ0v) is 18.1. The van der Waals surface area contributed by atoms with E-state index in [2.05, 4.69) is 19.8 Å². The van der Waals surface area contributed by atoms with Crippen LogP contribution >= 0.6 is 0 Å². The Kier molecular flexibility index (Phi) is 5.04. The van der Waals surface area contributed by atoms with Crippen molar-refractivity contribution in [2.75, 3.05) is 37.6 Å². The molecular weight excluding hydrogens is 397 g/mol. The summed E-state index contributed by atoms with van der Waals surface area (Å²) in [7, 11) is 0. The highest BCUT2D eigenvalue weighted by atomic mass is 19.1. The molecule has 1 aromatic carbocycles. The minimum Gasteiger partial charge on any atom is -0.440 e. The second-order valence-corrected chi connectivity index (χ2v) is 8.91. The first kappa shape index (κ1) is 20.2. The lowest BCUT2D eigenvalue weighted by Crippen LogP contribution is -2.60. The Morgan fingerprint density at radius 3 is 2.71 bits per heavy atom. The highest BCUT2D eigenvalue weighted by Gasteiger charge is 2.56. The maximum Gasteiger partial charge on any atom is 0.410 e. The first-order chi connectivity index (χ1) is 14.9. The van der Waals surface area contributed by atoms with Gasteiger partial charge in [0.05, 0.1) is 6.04 Å². The molecule has 1 spiro atoms. The van der Waals surface area contributed by atoms with Gasteiger partial charge in [0.1, 0.15) is 23.1 Å². The summed E-state index contributed by atoms with van der Waals surface area (Å²) in [5.41, 5.74) is 1.31. The van der Waals surface area contributed by atoms with E-state index in [0.29, 0.717) is 12.1 Å². The predicted octanol–water partition coefficient (Wildman–Crippen LogP) is 2.91. The highest BCUT2D eigenvalue weighted by molar-refractivity contribution is 5.72. The highest BCUT2D eigenvalue weighted by Crippen LogP contribution is 2.41. The Balaban J connectivity index is 1.29. The van der Waals surface area contributed by atoms with Gasteiger partial charge in [-0.15, -0.1) is 0 Å². The molecule has 0 radical (unpaired) electrons. The van der Waals surface area contributed by atoms with Crippen molar-refractivity contribution in [2.45, 2.75) is 44.9 Å². The molecule has 3 aliphatic heterocycles. The fourth-order valence-electron chi connectivity index (χ4n) is 5.19. The third-order valence-corrected chi connectivity index (χ3v) is 6.92. The topological polar surface area (TPSA) is 61.8 Å². The Morgan fingerprint density at radius 1 is 1.16 bits per heavy atom. The van der Waals surface area contributed by atoms with Gasteiger partial charge in [-0.3, -0.25) is 9.80 Å². The van der Waals surface area contributed by atoms with Crippen LogP contribution in [0.3, 0.4) is 0 Å². The number of fused-ring (bicyclic) bond motifs is 2. The number of ether oxygens (including phenoxy) is 1. The van der Waals surface area contributed by atoms with Crippen molar-refractivity contribution in [1.29, 1.82) is 0 Å². The van der Waals surface area contributed by atoms with Crippen molar-refractivity contribution >= 4 is 11.9 Å².